The number of hydrogen-bond acceptors (Lipinski definition) is 3. The fourth-order valence-electron chi connectivity index (χ4n) is 4.59. The number of aromatic nitrogens is 1. The van der Waals surface area contributed by atoms with Gasteiger partial charge < -0.3 is 15.1 Å². The number of aryl methyl sites for hydroxylation is 1. The van der Waals surface area contributed by atoms with Gasteiger partial charge in [-0.25, -0.2) is 0 Å². The molecule has 4 rings (SSSR count). The fraction of sp³-hybridized carbons (Fsp3) is 0.524. The Kier molecular flexibility index (Phi) is 5.57. The van der Waals surface area contributed by atoms with Gasteiger partial charge in [-0.15, -0.1) is 11.3 Å². The number of piperazine rings is 1. The molecule has 3 N–H and O–H groups in total. The van der Waals surface area contributed by atoms with Gasteiger partial charge in [0.1, 0.15) is 37.2 Å². The van der Waals surface area contributed by atoms with Gasteiger partial charge in [-0.1, -0.05) is 0 Å². The zero-order chi connectivity index (χ0) is 18.8. The summed E-state index contributed by atoms with van der Waals surface area (Å²) in [6, 6.07) is 4.51. The Morgan fingerprint density at radius 3 is 2.70 bits per heavy atom. The maximum absolute atomic E-state index is 11.9. The zero-order valence-electron chi connectivity index (χ0n) is 16.3. The molecular weight excluding hydrogens is 356 g/mol. The molecule has 2 aliphatic rings. The number of anilines is 1. The van der Waals surface area contributed by atoms with Crippen LogP contribution in [0.5, 0.6) is 0 Å². The van der Waals surface area contributed by atoms with E-state index in [-0.39, 0.29) is 11.9 Å². The van der Waals surface area contributed by atoms with Gasteiger partial charge in [-0.3, -0.25) is 9.78 Å². The average Bonchev–Trinajstić information content (AvgIpc) is 3.02. The zero-order valence-corrected chi connectivity index (χ0v) is 17.1. The summed E-state index contributed by atoms with van der Waals surface area (Å²) in [5, 5.41) is 4.24. The number of quaternary nitrogens is 2. The smallest absolute Gasteiger partial charge is 0.221 e. The highest BCUT2D eigenvalue weighted by atomic mass is 32.1. The first kappa shape index (κ1) is 18.6. The first-order valence-corrected chi connectivity index (χ1v) is 10.9. The molecule has 0 aromatic carbocycles. The third kappa shape index (κ3) is 3.93. The number of carbonyl (C=O) groups is 1. The molecule has 1 amide bonds. The summed E-state index contributed by atoms with van der Waals surface area (Å²) < 4.78 is 0. The molecule has 2 aromatic rings. The van der Waals surface area contributed by atoms with E-state index >= 15 is 0 Å². The molecule has 0 saturated carbocycles. The molecule has 1 atom stereocenters. The predicted octanol–water partition coefficient (Wildman–Crippen LogP) is 0.483. The Bertz CT molecular complexity index is 796. The quantitative estimate of drug-likeness (QED) is 0.716. The van der Waals surface area contributed by atoms with E-state index < -0.39 is 0 Å². The van der Waals surface area contributed by atoms with Gasteiger partial charge in [0.15, 0.2) is 0 Å². The van der Waals surface area contributed by atoms with Gasteiger partial charge in [-0.2, -0.15) is 0 Å². The number of thiophene rings is 1. The highest BCUT2D eigenvalue weighted by Gasteiger charge is 2.36. The lowest BCUT2D eigenvalue weighted by atomic mass is 9.89. The van der Waals surface area contributed by atoms with E-state index in [0.717, 1.165) is 30.9 Å². The highest BCUT2D eigenvalue weighted by molar-refractivity contribution is 7.16. The van der Waals surface area contributed by atoms with Crippen molar-refractivity contribution in [1.29, 1.82) is 0 Å². The predicted molar refractivity (Wildman–Crippen MR) is 109 cm³/mol. The molecule has 1 fully saturated rings. The van der Waals surface area contributed by atoms with Crippen molar-refractivity contribution < 1.29 is 14.6 Å². The molecule has 27 heavy (non-hydrogen) atoms. The molecule has 5 nitrogen and oxygen atoms in total. The number of nitrogens with one attached hydrogen (secondary N) is 3. The molecule has 0 spiro atoms. The first-order valence-electron chi connectivity index (χ1n) is 10.1. The van der Waals surface area contributed by atoms with E-state index in [1.54, 1.807) is 28.1 Å². The number of hydrogen-bond donors (Lipinski definition) is 3. The van der Waals surface area contributed by atoms with Gasteiger partial charge in [0.05, 0.1) is 12.6 Å². The summed E-state index contributed by atoms with van der Waals surface area (Å²) in [6.45, 7) is 6.29. The Balaban J connectivity index is 1.82. The van der Waals surface area contributed by atoms with Gasteiger partial charge >= 0.3 is 0 Å². The maximum atomic E-state index is 11.9. The average molecular weight is 387 g/mol. The second-order valence-electron chi connectivity index (χ2n) is 7.97. The van der Waals surface area contributed by atoms with Crippen molar-refractivity contribution in [2.45, 2.75) is 38.6 Å². The summed E-state index contributed by atoms with van der Waals surface area (Å²) >= 11 is 1.81. The minimum Gasteiger partial charge on any atom is -0.328 e. The van der Waals surface area contributed by atoms with Crippen LogP contribution in [0, 0.1) is 0 Å². The number of nitrogens with zero attached hydrogens (tertiary/aromatic N) is 1. The highest BCUT2D eigenvalue weighted by Crippen LogP contribution is 2.42. The molecule has 2 aromatic heterocycles. The van der Waals surface area contributed by atoms with Crippen molar-refractivity contribution in [3.63, 3.8) is 0 Å². The maximum Gasteiger partial charge on any atom is 0.221 e. The normalized spacial score (nSPS) is 23.5. The number of amides is 1. The molecule has 1 saturated heterocycles. The Hall–Kier alpha value is -1.76. The van der Waals surface area contributed by atoms with Crippen molar-refractivity contribution in [3.8, 4) is 0 Å². The molecule has 1 aliphatic heterocycles. The van der Waals surface area contributed by atoms with Gasteiger partial charge in [0.25, 0.3) is 0 Å². The second-order valence-corrected chi connectivity index (χ2v) is 9.07. The summed E-state index contributed by atoms with van der Waals surface area (Å²) in [6.07, 6.45) is 8.66. The van der Waals surface area contributed by atoms with Crippen LogP contribution >= 0.6 is 11.3 Å². The number of fused-ring (bicyclic) bond motifs is 1. The first-order chi connectivity index (χ1) is 13.1. The van der Waals surface area contributed by atoms with Crippen molar-refractivity contribution in [1.82, 2.24) is 4.98 Å². The van der Waals surface area contributed by atoms with Gasteiger partial charge in [-0.05, 0) is 43.4 Å². The molecule has 0 radical (unpaired) electrons. The molecule has 144 valence electrons. The molecule has 0 bridgehead atoms. The van der Waals surface area contributed by atoms with E-state index in [9.17, 15) is 4.79 Å². The largest absolute Gasteiger partial charge is 0.328 e. The molecule has 6 heteroatoms. The third-order valence-electron chi connectivity index (χ3n) is 5.96. The molecular formula is C21H30N4OS+2. The van der Waals surface area contributed by atoms with Crippen LogP contribution in [0.4, 0.5) is 5.00 Å². The standard InChI is InChI=1S/C21H28N4OS/c1-15(26)23-21-19(17-7-3-4-8-18(17)27-21)20(16-6-5-9-22-14-16)25-12-10-24(2)11-13-25/h5-6,9,14,20H,3-4,7-8,10-13H2,1-2H3,(H,23,26)/p+2/t20-/m1/s1. The van der Waals surface area contributed by atoms with Crippen molar-refractivity contribution in [3.05, 3.63) is 46.1 Å². The van der Waals surface area contributed by atoms with Crippen LogP contribution < -0.4 is 15.1 Å². The van der Waals surface area contributed by atoms with E-state index in [4.69, 9.17) is 0 Å². The van der Waals surface area contributed by atoms with E-state index in [1.165, 1.54) is 47.5 Å². The van der Waals surface area contributed by atoms with Crippen LogP contribution in [0.2, 0.25) is 0 Å². The summed E-state index contributed by atoms with van der Waals surface area (Å²) in [5.74, 6) is 0.0256. The lowest BCUT2D eigenvalue weighted by Gasteiger charge is -2.34. The summed E-state index contributed by atoms with van der Waals surface area (Å²) in [5.41, 5.74) is 4.14. The Morgan fingerprint density at radius 2 is 2.00 bits per heavy atom. The lowest BCUT2D eigenvalue weighted by molar-refractivity contribution is -1.02. The molecule has 0 unspecified atom stereocenters. The third-order valence-corrected chi connectivity index (χ3v) is 7.19. The van der Waals surface area contributed by atoms with E-state index in [2.05, 4.69) is 23.4 Å². The lowest BCUT2D eigenvalue weighted by Crippen LogP contribution is -3.27. The number of likely N-dealkylation sites (N-methyl/N-ethyl adjacent to an activating group) is 1. The van der Waals surface area contributed by atoms with Crippen molar-refractivity contribution in [2.24, 2.45) is 0 Å². The monoisotopic (exact) mass is 386 g/mol. The summed E-state index contributed by atoms with van der Waals surface area (Å²) in [7, 11) is 2.28. The van der Waals surface area contributed by atoms with Gasteiger partial charge in [0.2, 0.25) is 5.91 Å². The van der Waals surface area contributed by atoms with Crippen LogP contribution in [0.3, 0.4) is 0 Å². The second kappa shape index (κ2) is 8.09. The number of rotatable bonds is 4. The summed E-state index contributed by atoms with van der Waals surface area (Å²) in [4.78, 5) is 21.0. The SMILES string of the molecule is CC(=O)Nc1sc2c(c1[C@@H](c1cccnc1)[NH+]1CC[NH+](C)CC1)CCCC2. The fourth-order valence-corrected chi connectivity index (χ4v) is 5.96. The van der Waals surface area contributed by atoms with Crippen LogP contribution in [0.25, 0.3) is 0 Å². The number of pyridine rings is 1. The topological polar surface area (TPSA) is 50.9 Å². The van der Waals surface area contributed by atoms with E-state index in [0.29, 0.717) is 0 Å². The van der Waals surface area contributed by atoms with E-state index in [1.807, 2.05) is 18.5 Å². The molecule has 1 aliphatic carbocycles. The van der Waals surface area contributed by atoms with Crippen LogP contribution in [-0.4, -0.2) is 44.1 Å². The minimum absolute atomic E-state index is 0.0256. The number of carbonyl (C=O) groups excluding carboxylic acids is 1. The van der Waals surface area contributed by atoms with Crippen LogP contribution in [0.15, 0.2) is 24.5 Å². The minimum atomic E-state index is 0.0256. The Morgan fingerprint density at radius 1 is 1.22 bits per heavy atom. The van der Waals surface area contributed by atoms with Crippen LogP contribution in [-0.2, 0) is 17.6 Å². The van der Waals surface area contributed by atoms with Gasteiger partial charge in [0, 0.05) is 29.8 Å². The van der Waals surface area contributed by atoms with Crippen molar-refractivity contribution in [2.75, 3.05) is 38.5 Å². The van der Waals surface area contributed by atoms with Crippen molar-refractivity contribution >= 4 is 22.2 Å². The molecule has 3 heterocycles. The van der Waals surface area contributed by atoms with Crippen LogP contribution in [0.1, 0.15) is 47.4 Å². The Labute approximate surface area is 165 Å².